The molecule has 6 heteroatoms. The molecule has 0 saturated heterocycles. The lowest BCUT2D eigenvalue weighted by Crippen LogP contribution is -2.45. The lowest BCUT2D eigenvalue weighted by molar-refractivity contribution is -0.124. The fraction of sp³-hybridized carbons (Fsp3) is 0.217. The van der Waals surface area contributed by atoms with Crippen molar-refractivity contribution >= 4 is 11.8 Å². The molecule has 0 unspecified atom stereocenters. The molecule has 2 amide bonds. The molecule has 0 fully saturated rings. The van der Waals surface area contributed by atoms with Gasteiger partial charge in [-0.25, -0.2) is 0 Å². The number of likely N-dealkylation sites (N-methyl/N-ethyl adjacent to an activating group) is 1. The summed E-state index contributed by atoms with van der Waals surface area (Å²) < 4.78 is 10.6. The molecule has 6 nitrogen and oxygen atoms in total. The van der Waals surface area contributed by atoms with Crippen LogP contribution in [0.1, 0.15) is 39.2 Å². The number of fused-ring (bicyclic) bond motifs is 1. The first-order valence-corrected chi connectivity index (χ1v) is 9.40. The van der Waals surface area contributed by atoms with Crippen LogP contribution in [0.2, 0.25) is 0 Å². The predicted octanol–water partition coefficient (Wildman–Crippen LogP) is 3.52. The van der Waals surface area contributed by atoms with E-state index in [0.29, 0.717) is 11.3 Å². The Morgan fingerprint density at radius 2 is 1.86 bits per heavy atom. The summed E-state index contributed by atoms with van der Waals surface area (Å²) >= 11 is 0. The molecular formula is C23H22N2O4. The summed E-state index contributed by atoms with van der Waals surface area (Å²) in [6, 6.07) is 17.9. The maximum Gasteiger partial charge on any atom is 0.254 e. The fourth-order valence-corrected chi connectivity index (χ4v) is 3.87. The van der Waals surface area contributed by atoms with E-state index < -0.39 is 12.0 Å². The number of carbonyl (C=O) groups excluding carboxylic acids is 2. The van der Waals surface area contributed by atoms with E-state index in [9.17, 15) is 9.59 Å². The van der Waals surface area contributed by atoms with Gasteiger partial charge in [0.05, 0.1) is 31.9 Å². The largest absolute Gasteiger partial charge is 0.497 e. The van der Waals surface area contributed by atoms with Crippen molar-refractivity contribution in [2.24, 2.45) is 0 Å². The van der Waals surface area contributed by atoms with Crippen LogP contribution in [-0.2, 0) is 11.3 Å². The number of amides is 2. The van der Waals surface area contributed by atoms with Gasteiger partial charge in [0.1, 0.15) is 11.5 Å². The third kappa shape index (κ3) is 3.49. The zero-order valence-corrected chi connectivity index (χ0v) is 16.3. The molecule has 148 valence electrons. The number of carbonyl (C=O) groups is 2. The van der Waals surface area contributed by atoms with Crippen LogP contribution in [0.4, 0.5) is 0 Å². The molecule has 0 spiro atoms. The minimum absolute atomic E-state index is 0.100. The van der Waals surface area contributed by atoms with E-state index in [1.807, 2.05) is 48.5 Å². The minimum Gasteiger partial charge on any atom is -0.497 e. The van der Waals surface area contributed by atoms with Crippen LogP contribution >= 0.6 is 0 Å². The number of methoxy groups -OCH3 is 1. The van der Waals surface area contributed by atoms with Crippen molar-refractivity contribution < 1.29 is 18.7 Å². The standard InChI is InChI=1S/C23H22N2O4/c1-25-21(15-9-11-16(28-2)12-10-15)20(18-7-3-4-8-19(18)23(25)27)22(26)24-14-17-6-5-13-29-17/h3-13,20-21H,14H2,1-2H3,(H,24,26)/t20-,21+/m1/s1. The number of nitrogens with one attached hydrogen (secondary N) is 1. The average Bonchev–Trinajstić information content (AvgIpc) is 3.28. The normalized spacial score (nSPS) is 18.3. The van der Waals surface area contributed by atoms with Crippen LogP contribution in [-0.4, -0.2) is 30.9 Å². The Labute approximate surface area is 169 Å². The van der Waals surface area contributed by atoms with E-state index in [1.165, 1.54) is 0 Å². The number of furan rings is 1. The van der Waals surface area contributed by atoms with Crippen LogP contribution < -0.4 is 10.1 Å². The monoisotopic (exact) mass is 390 g/mol. The summed E-state index contributed by atoms with van der Waals surface area (Å²) in [7, 11) is 3.34. The van der Waals surface area contributed by atoms with Gasteiger partial charge in [0.15, 0.2) is 0 Å². The van der Waals surface area contributed by atoms with Gasteiger partial charge in [-0.2, -0.15) is 0 Å². The Hall–Kier alpha value is -3.54. The first-order valence-electron chi connectivity index (χ1n) is 9.40. The van der Waals surface area contributed by atoms with Crippen molar-refractivity contribution in [3.8, 4) is 5.75 Å². The molecule has 1 N–H and O–H groups in total. The highest BCUT2D eigenvalue weighted by Gasteiger charge is 2.42. The van der Waals surface area contributed by atoms with Crippen molar-refractivity contribution in [2.45, 2.75) is 18.5 Å². The van der Waals surface area contributed by atoms with E-state index in [1.54, 1.807) is 37.5 Å². The van der Waals surface area contributed by atoms with Gasteiger partial charge >= 0.3 is 0 Å². The molecule has 0 bridgehead atoms. The highest BCUT2D eigenvalue weighted by molar-refractivity contribution is 6.01. The predicted molar refractivity (Wildman–Crippen MR) is 108 cm³/mol. The second-order valence-corrected chi connectivity index (χ2v) is 7.00. The van der Waals surface area contributed by atoms with Crippen molar-refractivity contribution in [2.75, 3.05) is 14.2 Å². The summed E-state index contributed by atoms with van der Waals surface area (Å²) in [5, 5.41) is 2.96. The van der Waals surface area contributed by atoms with E-state index in [2.05, 4.69) is 5.32 Å². The second-order valence-electron chi connectivity index (χ2n) is 7.00. The first-order chi connectivity index (χ1) is 14.1. The Balaban J connectivity index is 1.73. The number of hydrogen-bond donors (Lipinski definition) is 1. The number of hydrogen-bond acceptors (Lipinski definition) is 4. The molecular weight excluding hydrogens is 368 g/mol. The molecule has 1 aliphatic rings. The summed E-state index contributed by atoms with van der Waals surface area (Å²) in [4.78, 5) is 27.9. The zero-order valence-electron chi connectivity index (χ0n) is 16.3. The van der Waals surface area contributed by atoms with Gasteiger partial charge in [-0.05, 0) is 41.5 Å². The molecule has 0 aliphatic carbocycles. The molecule has 1 aliphatic heterocycles. The Morgan fingerprint density at radius 1 is 1.10 bits per heavy atom. The quantitative estimate of drug-likeness (QED) is 0.724. The van der Waals surface area contributed by atoms with E-state index >= 15 is 0 Å². The number of nitrogens with zero attached hydrogens (tertiary/aromatic N) is 1. The van der Waals surface area contributed by atoms with Gasteiger partial charge in [-0.3, -0.25) is 9.59 Å². The lowest BCUT2D eigenvalue weighted by atomic mass is 9.79. The van der Waals surface area contributed by atoms with E-state index in [-0.39, 0.29) is 18.4 Å². The molecule has 29 heavy (non-hydrogen) atoms. The van der Waals surface area contributed by atoms with E-state index in [4.69, 9.17) is 9.15 Å². The van der Waals surface area contributed by atoms with Gasteiger partial charge in [-0.1, -0.05) is 30.3 Å². The van der Waals surface area contributed by atoms with Crippen LogP contribution in [0.5, 0.6) is 5.75 Å². The molecule has 1 aromatic heterocycles. The molecule has 2 atom stereocenters. The molecule has 0 saturated carbocycles. The molecule has 4 rings (SSSR count). The first kappa shape index (κ1) is 18.8. The molecule has 2 heterocycles. The molecule has 2 aromatic carbocycles. The van der Waals surface area contributed by atoms with Crippen molar-refractivity contribution in [3.05, 3.63) is 89.4 Å². The highest BCUT2D eigenvalue weighted by atomic mass is 16.5. The molecule has 0 radical (unpaired) electrons. The SMILES string of the molecule is COc1ccc([C@H]2[C@H](C(=O)NCc3ccco3)c3ccccc3C(=O)N2C)cc1. The third-order valence-corrected chi connectivity index (χ3v) is 5.34. The zero-order chi connectivity index (χ0) is 20.4. The van der Waals surface area contributed by atoms with Gasteiger partial charge in [0.25, 0.3) is 5.91 Å². The smallest absolute Gasteiger partial charge is 0.254 e. The van der Waals surface area contributed by atoms with Crippen molar-refractivity contribution in [1.82, 2.24) is 10.2 Å². The Morgan fingerprint density at radius 3 is 2.55 bits per heavy atom. The van der Waals surface area contributed by atoms with Crippen molar-refractivity contribution in [1.29, 1.82) is 0 Å². The van der Waals surface area contributed by atoms with Gasteiger partial charge in [-0.15, -0.1) is 0 Å². The fourth-order valence-electron chi connectivity index (χ4n) is 3.87. The minimum atomic E-state index is -0.544. The summed E-state index contributed by atoms with van der Waals surface area (Å²) in [6.45, 7) is 0.289. The van der Waals surface area contributed by atoms with Gasteiger partial charge in [0, 0.05) is 12.6 Å². The number of ether oxygens (including phenoxy) is 1. The van der Waals surface area contributed by atoms with Crippen molar-refractivity contribution in [3.63, 3.8) is 0 Å². The van der Waals surface area contributed by atoms with Gasteiger partial charge < -0.3 is 19.4 Å². The average molecular weight is 390 g/mol. The summed E-state index contributed by atoms with van der Waals surface area (Å²) in [5.74, 6) is 0.591. The van der Waals surface area contributed by atoms with Crippen LogP contribution in [0.25, 0.3) is 0 Å². The van der Waals surface area contributed by atoms with Gasteiger partial charge in [0.2, 0.25) is 5.91 Å². The Kier molecular flexibility index (Phi) is 5.08. The summed E-state index contributed by atoms with van der Waals surface area (Å²) in [6.07, 6.45) is 1.57. The summed E-state index contributed by atoms with van der Waals surface area (Å²) in [5.41, 5.74) is 2.15. The lowest BCUT2D eigenvalue weighted by Gasteiger charge is -2.39. The maximum atomic E-state index is 13.3. The van der Waals surface area contributed by atoms with Crippen LogP contribution in [0.3, 0.4) is 0 Å². The van der Waals surface area contributed by atoms with Crippen LogP contribution in [0, 0.1) is 0 Å². The maximum absolute atomic E-state index is 13.3. The number of rotatable bonds is 5. The topological polar surface area (TPSA) is 71.8 Å². The number of benzene rings is 2. The van der Waals surface area contributed by atoms with E-state index in [0.717, 1.165) is 16.9 Å². The molecule has 3 aromatic rings. The Bertz CT molecular complexity index is 1010. The second kappa shape index (κ2) is 7.83. The third-order valence-electron chi connectivity index (χ3n) is 5.34. The van der Waals surface area contributed by atoms with Crippen LogP contribution in [0.15, 0.2) is 71.3 Å². The highest BCUT2D eigenvalue weighted by Crippen LogP contribution is 2.42.